The molecule has 2 aliphatic rings. The fraction of sp³-hybridized carbons (Fsp3) is 0.846. The van der Waals surface area contributed by atoms with Crippen molar-refractivity contribution in [1.82, 2.24) is 5.32 Å². The molecule has 5 atom stereocenters. The maximum atomic E-state index is 11.9. The van der Waals surface area contributed by atoms with E-state index in [0.717, 1.165) is 30.6 Å². The molecule has 0 radical (unpaired) electrons. The molecule has 18 heavy (non-hydrogen) atoms. The van der Waals surface area contributed by atoms with Gasteiger partial charge in [0.05, 0.1) is 13.7 Å². The quantitative estimate of drug-likeness (QED) is 0.774. The summed E-state index contributed by atoms with van der Waals surface area (Å²) in [6, 6.07) is -0.558. The minimum Gasteiger partial charge on any atom is -0.464 e. The molecule has 3 unspecified atom stereocenters. The number of amides is 1. The van der Waals surface area contributed by atoms with Gasteiger partial charge in [0, 0.05) is 0 Å². The number of nitrogens with one attached hydrogen (secondary N) is 1. The van der Waals surface area contributed by atoms with Gasteiger partial charge < -0.3 is 14.8 Å². The van der Waals surface area contributed by atoms with Gasteiger partial charge in [0.1, 0.15) is 6.04 Å². The first kappa shape index (κ1) is 13.2. The van der Waals surface area contributed by atoms with Gasteiger partial charge in [-0.3, -0.25) is 0 Å². The van der Waals surface area contributed by atoms with Crippen LogP contribution in [0.25, 0.3) is 0 Å². The van der Waals surface area contributed by atoms with E-state index in [-0.39, 0.29) is 11.9 Å². The van der Waals surface area contributed by atoms with E-state index in [4.69, 9.17) is 4.74 Å². The fourth-order valence-corrected chi connectivity index (χ4v) is 3.27. The van der Waals surface area contributed by atoms with Crippen molar-refractivity contribution < 1.29 is 19.1 Å². The van der Waals surface area contributed by atoms with Gasteiger partial charge in [0.25, 0.3) is 0 Å². The summed E-state index contributed by atoms with van der Waals surface area (Å²) in [6.07, 6.45) is 1.43. The average Bonchev–Trinajstić information content (AvgIpc) is 2.80. The van der Waals surface area contributed by atoms with Crippen LogP contribution in [0, 0.1) is 23.7 Å². The molecule has 0 aliphatic heterocycles. The van der Waals surface area contributed by atoms with E-state index in [1.807, 2.05) is 0 Å². The van der Waals surface area contributed by atoms with E-state index < -0.39 is 12.1 Å². The standard InChI is InChI=1S/C13H21NO4/c1-4-18-12(15)11(14-13(16)17-3)8-5-9-7(2)10(9)6-8/h7-11H,4-6H2,1-3H3,(H,14,16)/t7?,8?,9-,10+,11?. The van der Waals surface area contributed by atoms with Gasteiger partial charge in [-0.05, 0) is 43.4 Å². The third-order valence-corrected chi connectivity index (χ3v) is 4.38. The molecule has 2 saturated carbocycles. The Morgan fingerprint density at radius 1 is 1.33 bits per heavy atom. The summed E-state index contributed by atoms with van der Waals surface area (Å²) in [5, 5.41) is 2.61. The second-order valence-corrected chi connectivity index (χ2v) is 5.28. The number of methoxy groups -OCH3 is 1. The SMILES string of the molecule is CCOC(=O)C(NC(=O)OC)C1C[C@@H]2C(C)[C@@H]2C1. The fourth-order valence-electron chi connectivity index (χ4n) is 3.27. The second kappa shape index (κ2) is 5.16. The van der Waals surface area contributed by atoms with E-state index in [1.165, 1.54) is 7.11 Å². The van der Waals surface area contributed by atoms with Crippen LogP contribution >= 0.6 is 0 Å². The van der Waals surface area contributed by atoms with Crippen LogP contribution in [0.5, 0.6) is 0 Å². The number of rotatable bonds is 4. The Hall–Kier alpha value is -1.26. The first-order valence-corrected chi connectivity index (χ1v) is 6.59. The lowest BCUT2D eigenvalue weighted by Gasteiger charge is -2.24. The molecule has 5 heteroatoms. The average molecular weight is 255 g/mol. The Balaban J connectivity index is 1.96. The summed E-state index contributed by atoms with van der Waals surface area (Å²) in [5.74, 6) is 2.08. The summed E-state index contributed by atoms with van der Waals surface area (Å²) in [4.78, 5) is 23.2. The van der Waals surface area contributed by atoms with Crippen molar-refractivity contribution >= 4 is 12.1 Å². The van der Waals surface area contributed by atoms with Crippen LogP contribution in [-0.2, 0) is 14.3 Å². The number of carbonyl (C=O) groups is 2. The smallest absolute Gasteiger partial charge is 0.407 e. The molecule has 0 aromatic carbocycles. The van der Waals surface area contributed by atoms with Gasteiger partial charge >= 0.3 is 12.1 Å². The number of hydrogen-bond acceptors (Lipinski definition) is 4. The maximum absolute atomic E-state index is 11.9. The lowest BCUT2D eigenvalue weighted by Crippen LogP contribution is -2.46. The minimum absolute atomic E-state index is 0.189. The van der Waals surface area contributed by atoms with Crippen LogP contribution in [0.1, 0.15) is 26.7 Å². The first-order chi connectivity index (χ1) is 8.58. The van der Waals surface area contributed by atoms with E-state index in [1.54, 1.807) is 6.92 Å². The Bertz CT molecular complexity index is 332. The molecule has 0 spiro atoms. The van der Waals surface area contributed by atoms with Crippen molar-refractivity contribution in [2.45, 2.75) is 32.7 Å². The van der Waals surface area contributed by atoms with E-state index in [0.29, 0.717) is 6.61 Å². The lowest BCUT2D eigenvalue weighted by atomic mass is 9.92. The molecule has 2 aliphatic carbocycles. The number of fused-ring (bicyclic) bond motifs is 1. The summed E-state index contributed by atoms with van der Waals surface area (Å²) in [7, 11) is 1.30. The van der Waals surface area contributed by atoms with E-state index in [9.17, 15) is 9.59 Å². The zero-order valence-corrected chi connectivity index (χ0v) is 11.1. The highest BCUT2D eigenvalue weighted by molar-refractivity contribution is 5.81. The van der Waals surface area contributed by atoms with Crippen LogP contribution in [0.3, 0.4) is 0 Å². The number of carbonyl (C=O) groups excluding carboxylic acids is 2. The Morgan fingerprint density at radius 3 is 2.44 bits per heavy atom. The highest BCUT2D eigenvalue weighted by Gasteiger charge is 2.55. The highest BCUT2D eigenvalue weighted by Crippen LogP contribution is 2.59. The van der Waals surface area contributed by atoms with Gasteiger partial charge in [-0.2, -0.15) is 0 Å². The molecule has 0 heterocycles. The predicted octanol–water partition coefficient (Wildman–Crippen LogP) is 1.57. The molecule has 1 amide bonds. The number of esters is 1. The molecule has 0 aromatic heterocycles. The van der Waals surface area contributed by atoms with Gasteiger partial charge in [-0.1, -0.05) is 6.92 Å². The maximum Gasteiger partial charge on any atom is 0.407 e. The summed E-state index contributed by atoms with van der Waals surface area (Å²) < 4.78 is 9.60. The summed E-state index contributed by atoms with van der Waals surface area (Å²) in [6.45, 7) is 4.34. The van der Waals surface area contributed by atoms with E-state index >= 15 is 0 Å². The third-order valence-electron chi connectivity index (χ3n) is 4.38. The van der Waals surface area contributed by atoms with Crippen LogP contribution in [0.2, 0.25) is 0 Å². The van der Waals surface area contributed by atoms with Crippen molar-refractivity contribution in [3.8, 4) is 0 Å². The van der Waals surface area contributed by atoms with E-state index in [2.05, 4.69) is 17.0 Å². The third kappa shape index (κ3) is 2.44. The van der Waals surface area contributed by atoms with Crippen molar-refractivity contribution in [3.05, 3.63) is 0 Å². The lowest BCUT2D eigenvalue weighted by molar-refractivity contribution is -0.147. The van der Waals surface area contributed by atoms with Crippen LogP contribution < -0.4 is 5.32 Å². The second-order valence-electron chi connectivity index (χ2n) is 5.28. The number of hydrogen-bond donors (Lipinski definition) is 1. The van der Waals surface area contributed by atoms with Gasteiger partial charge in [-0.15, -0.1) is 0 Å². The van der Waals surface area contributed by atoms with Crippen LogP contribution in [0.4, 0.5) is 4.79 Å². The van der Waals surface area contributed by atoms with Gasteiger partial charge in [0.15, 0.2) is 0 Å². The normalized spacial score (nSPS) is 34.4. The van der Waals surface area contributed by atoms with Crippen molar-refractivity contribution in [1.29, 1.82) is 0 Å². The molecule has 102 valence electrons. The Kier molecular flexibility index (Phi) is 3.78. The van der Waals surface area contributed by atoms with Crippen molar-refractivity contribution in [2.24, 2.45) is 23.7 Å². The first-order valence-electron chi connectivity index (χ1n) is 6.59. The zero-order valence-electron chi connectivity index (χ0n) is 11.1. The zero-order chi connectivity index (χ0) is 13.3. The molecular weight excluding hydrogens is 234 g/mol. The number of ether oxygens (including phenoxy) is 2. The molecular formula is C13H21NO4. The van der Waals surface area contributed by atoms with Crippen LogP contribution in [-0.4, -0.2) is 31.8 Å². The summed E-state index contributed by atoms with van der Waals surface area (Å²) in [5.41, 5.74) is 0. The molecule has 2 fully saturated rings. The monoisotopic (exact) mass is 255 g/mol. The largest absolute Gasteiger partial charge is 0.464 e. The topological polar surface area (TPSA) is 64.6 Å². The number of alkyl carbamates (subject to hydrolysis) is 1. The minimum atomic E-state index is -0.568. The van der Waals surface area contributed by atoms with Crippen molar-refractivity contribution in [2.75, 3.05) is 13.7 Å². The molecule has 0 bridgehead atoms. The predicted molar refractivity (Wildman–Crippen MR) is 64.8 cm³/mol. The van der Waals surface area contributed by atoms with Gasteiger partial charge in [-0.25, -0.2) is 9.59 Å². The highest BCUT2D eigenvalue weighted by atomic mass is 16.5. The molecule has 0 aromatic rings. The van der Waals surface area contributed by atoms with Crippen molar-refractivity contribution in [3.63, 3.8) is 0 Å². The molecule has 5 nitrogen and oxygen atoms in total. The summed E-state index contributed by atoms with van der Waals surface area (Å²) >= 11 is 0. The van der Waals surface area contributed by atoms with Gasteiger partial charge in [0.2, 0.25) is 0 Å². The molecule has 1 N–H and O–H groups in total. The Morgan fingerprint density at radius 2 is 1.94 bits per heavy atom. The Labute approximate surface area is 107 Å². The molecule has 2 rings (SSSR count). The molecule has 0 saturated heterocycles. The van der Waals surface area contributed by atoms with Crippen LogP contribution in [0.15, 0.2) is 0 Å².